The molecule has 20 heavy (non-hydrogen) atoms. The molecular formula is C11H12NNaO5S2. The normalized spacial score (nSPS) is 23.8. The Bertz CT molecular complexity index is 507. The SMILES string of the molecule is C=C(SC1C=C(C(=O)O)N2C(=O)C[C@H]2S1)C(=O)OC.[NaH]. The number of carbonyl (C=O) groups is 3. The molecule has 9 heteroatoms. The van der Waals surface area contributed by atoms with E-state index in [4.69, 9.17) is 5.11 Å². The topological polar surface area (TPSA) is 83.9 Å². The summed E-state index contributed by atoms with van der Waals surface area (Å²) in [6, 6.07) is 0. The Morgan fingerprint density at radius 3 is 2.75 bits per heavy atom. The summed E-state index contributed by atoms with van der Waals surface area (Å²) < 4.78 is 4.27. The van der Waals surface area contributed by atoms with E-state index in [0.717, 1.165) is 11.8 Å². The van der Waals surface area contributed by atoms with Gasteiger partial charge in [0, 0.05) is 0 Å². The summed E-state index contributed by atoms with van der Waals surface area (Å²) in [6.45, 7) is 3.58. The molecule has 0 saturated carbocycles. The summed E-state index contributed by atoms with van der Waals surface area (Å²) >= 11 is 2.55. The Morgan fingerprint density at radius 2 is 2.25 bits per heavy atom. The molecule has 2 aliphatic heterocycles. The molecule has 6 nitrogen and oxygen atoms in total. The zero-order valence-corrected chi connectivity index (χ0v) is 11.6. The van der Waals surface area contributed by atoms with Gasteiger partial charge in [-0.2, -0.15) is 0 Å². The molecule has 0 spiro atoms. The van der Waals surface area contributed by atoms with Crippen LogP contribution in [0.2, 0.25) is 0 Å². The number of β-lactam (4-membered cyclic amide) rings is 1. The molecule has 2 aliphatic rings. The predicted octanol–water partition coefficient (Wildman–Crippen LogP) is 0.358. The predicted molar refractivity (Wildman–Crippen MR) is 78.2 cm³/mol. The number of carboxylic acids is 1. The Balaban J connectivity index is 0.00000200. The quantitative estimate of drug-likeness (QED) is 0.346. The number of carbonyl (C=O) groups excluding carboxylic acids is 2. The first-order chi connectivity index (χ1) is 8.93. The summed E-state index contributed by atoms with van der Waals surface area (Å²) in [4.78, 5) is 35.2. The first-order valence-corrected chi connectivity index (χ1v) is 7.12. The van der Waals surface area contributed by atoms with Crippen LogP contribution in [0.15, 0.2) is 23.3 Å². The number of methoxy groups -OCH3 is 1. The van der Waals surface area contributed by atoms with Gasteiger partial charge in [0.2, 0.25) is 5.91 Å². The van der Waals surface area contributed by atoms with Crippen molar-refractivity contribution < 1.29 is 24.2 Å². The van der Waals surface area contributed by atoms with Crippen LogP contribution in [-0.4, -0.2) is 74.5 Å². The summed E-state index contributed by atoms with van der Waals surface area (Å²) in [5.74, 6) is -1.88. The zero-order chi connectivity index (χ0) is 14.2. The van der Waals surface area contributed by atoms with Crippen LogP contribution in [0.25, 0.3) is 0 Å². The molecule has 0 aromatic rings. The minimum atomic E-state index is -1.15. The standard InChI is InChI=1S/C11H11NO5S2.Na.H/c1-5(11(16)17-2)18-9-3-6(10(14)15)12-7(13)4-8(12)19-9;;/h3,8-9H,1,4H2,2H3,(H,14,15);;/t8-,9?;;/m1../s1. The second kappa shape index (κ2) is 7.04. The molecule has 0 radical (unpaired) electrons. The molecule has 2 atom stereocenters. The third-order valence-corrected chi connectivity index (χ3v) is 5.18. The van der Waals surface area contributed by atoms with Crippen molar-refractivity contribution >= 4 is 70.9 Å². The molecule has 1 amide bonds. The number of rotatable bonds is 4. The molecular weight excluding hydrogens is 313 g/mol. The van der Waals surface area contributed by atoms with Crippen molar-refractivity contribution in [2.75, 3.05) is 7.11 Å². The molecule has 1 N–H and O–H groups in total. The average molecular weight is 325 g/mol. The Morgan fingerprint density at radius 1 is 1.60 bits per heavy atom. The van der Waals surface area contributed by atoms with E-state index in [0.29, 0.717) is 6.42 Å². The number of ether oxygens (including phenoxy) is 1. The molecule has 1 saturated heterocycles. The fraction of sp³-hybridized carbons (Fsp3) is 0.364. The second-order valence-corrected chi connectivity index (χ2v) is 6.68. The molecule has 0 aromatic heterocycles. The van der Waals surface area contributed by atoms with E-state index >= 15 is 0 Å². The zero-order valence-electron chi connectivity index (χ0n) is 9.99. The van der Waals surface area contributed by atoms with Gasteiger partial charge in [-0.15, -0.1) is 23.5 Å². The van der Waals surface area contributed by atoms with Crippen LogP contribution in [0, 0.1) is 0 Å². The molecule has 2 rings (SSSR count). The van der Waals surface area contributed by atoms with Crippen molar-refractivity contribution in [2.24, 2.45) is 0 Å². The van der Waals surface area contributed by atoms with Crippen LogP contribution in [0.5, 0.6) is 0 Å². The molecule has 104 valence electrons. The van der Waals surface area contributed by atoms with Gasteiger partial charge in [-0.05, 0) is 6.08 Å². The fourth-order valence-electron chi connectivity index (χ4n) is 1.73. The van der Waals surface area contributed by atoms with Gasteiger partial charge in [0.15, 0.2) is 0 Å². The van der Waals surface area contributed by atoms with E-state index in [1.54, 1.807) is 0 Å². The molecule has 0 aliphatic carbocycles. The summed E-state index contributed by atoms with van der Waals surface area (Å²) in [5.41, 5.74) is -0.0323. The van der Waals surface area contributed by atoms with Crippen LogP contribution in [0.1, 0.15) is 6.42 Å². The number of hydrogen-bond acceptors (Lipinski definition) is 6. The van der Waals surface area contributed by atoms with E-state index in [1.807, 2.05) is 0 Å². The second-order valence-electron chi connectivity index (χ2n) is 3.82. The first-order valence-electron chi connectivity index (χ1n) is 5.30. The Kier molecular flexibility index (Phi) is 6.21. The van der Waals surface area contributed by atoms with Crippen LogP contribution >= 0.6 is 23.5 Å². The summed E-state index contributed by atoms with van der Waals surface area (Å²) in [5, 5.41) is 8.92. The number of thioether (sulfide) groups is 2. The van der Waals surface area contributed by atoms with Crippen LogP contribution in [0.3, 0.4) is 0 Å². The number of nitrogens with zero attached hydrogens (tertiary/aromatic N) is 1. The van der Waals surface area contributed by atoms with Crippen molar-refractivity contribution in [1.82, 2.24) is 4.90 Å². The van der Waals surface area contributed by atoms with Crippen LogP contribution in [-0.2, 0) is 19.1 Å². The van der Waals surface area contributed by atoms with Crippen molar-refractivity contribution in [3.63, 3.8) is 0 Å². The maximum atomic E-state index is 11.4. The van der Waals surface area contributed by atoms with Gasteiger partial charge < -0.3 is 9.84 Å². The number of amides is 1. The van der Waals surface area contributed by atoms with Crippen molar-refractivity contribution in [2.45, 2.75) is 16.4 Å². The Hall–Kier alpha value is -0.410. The molecule has 2 heterocycles. The van der Waals surface area contributed by atoms with Crippen molar-refractivity contribution in [1.29, 1.82) is 0 Å². The van der Waals surface area contributed by atoms with E-state index in [-0.39, 0.29) is 56.0 Å². The van der Waals surface area contributed by atoms with E-state index in [2.05, 4.69) is 11.3 Å². The number of carboxylic acid groups (broad SMARTS) is 1. The van der Waals surface area contributed by atoms with Gasteiger partial charge in [-0.25, -0.2) is 9.59 Å². The van der Waals surface area contributed by atoms with Crippen molar-refractivity contribution in [3.05, 3.63) is 23.3 Å². The molecule has 1 fully saturated rings. The summed E-state index contributed by atoms with van der Waals surface area (Å²) in [6.07, 6.45) is 1.77. The Labute approximate surface area is 146 Å². The van der Waals surface area contributed by atoms with Crippen LogP contribution < -0.4 is 0 Å². The van der Waals surface area contributed by atoms with Gasteiger partial charge in [0.1, 0.15) is 5.70 Å². The molecule has 0 bridgehead atoms. The maximum absolute atomic E-state index is 11.4. The minimum absolute atomic E-state index is 0. The average Bonchev–Trinajstić information content (AvgIpc) is 2.35. The molecule has 1 unspecified atom stereocenters. The molecule has 0 aromatic carbocycles. The van der Waals surface area contributed by atoms with E-state index in [9.17, 15) is 14.4 Å². The fourth-order valence-corrected chi connectivity index (χ4v) is 4.45. The van der Waals surface area contributed by atoms with Crippen molar-refractivity contribution in [3.8, 4) is 0 Å². The van der Waals surface area contributed by atoms with E-state index in [1.165, 1.54) is 29.8 Å². The van der Waals surface area contributed by atoms with Gasteiger partial charge >= 0.3 is 41.5 Å². The third-order valence-electron chi connectivity index (χ3n) is 2.64. The van der Waals surface area contributed by atoms with Gasteiger partial charge in [-0.1, -0.05) is 6.58 Å². The van der Waals surface area contributed by atoms with Crippen LogP contribution in [0.4, 0.5) is 0 Å². The van der Waals surface area contributed by atoms with Gasteiger partial charge in [0.25, 0.3) is 0 Å². The number of aliphatic carboxylic acids is 1. The first kappa shape index (κ1) is 17.6. The number of hydrogen-bond donors (Lipinski definition) is 1. The summed E-state index contributed by atoms with van der Waals surface area (Å²) in [7, 11) is 1.26. The number of fused-ring (bicyclic) bond motifs is 1. The van der Waals surface area contributed by atoms with Gasteiger partial charge in [0.05, 0.1) is 28.4 Å². The van der Waals surface area contributed by atoms with Gasteiger partial charge in [-0.3, -0.25) is 9.69 Å². The van der Waals surface area contributed by atoms with E-state index < -0.39 is 11.9 Å². The third kappa shape index (κ3) is 3.43. The number of esters is 1. The monoisotopic (exact) mass is 325 g/mol.